The van der Waals surface area contributed by atoms with Crippen LogP contribution in [0.1, 0.15) is 23.1 Å². The maximum atomic E-state index is 11.0. The average molecular weight is 505 g/mol. The molecule has 3 aromatic carbocycles. The van der Waals surface area contributed by atoms with Crippen LogP contribution in [0.4, 0.5) is 0 Å². The van der Waals surface area contributed by atoms with Gasteiger partial charge in [-0.25, -0.2) is 0 Å². The largest absolute Gasteiger partial charge is 0.390 e. The van der Waals surface area contributed by atoms with Crippen LogP contribution in [0.3, 0.4) is 0 Å². The van der Waals surface area contributed by atoms with E-state index in [2.05, 4.69) is 6.58 Å². The first-order chi connectivity index (χ1) is 18.2. The van der Waals surface area contributed by atoms with Crippen molar-refractivity contribution in [2.24, 2.45) is 0 Å². The topological polar surface area (TPSA) is 66.4 Å². The third-order valence-corrected chi connectivity index (χ3v) is 6.41. The molecule has 1 N–H and O–H groups in total. The summed E-state index contributed by atoms with van der Waals surface area (Å²) < 4.78 is 31.4. The van der Waals surface area contributed by atoms with E-state index in [9.17, 15) is 5.11 Å². The lowest BCUT2D eigenvalue weighted by atomic mass is 9.93. The minimum Gasteiger partial charge on any atom is -0.390 e. The van der Waals surface area contributed by atoms with Crippen LogP contribution in [0.25, 0.3) is 0 Å². The SMILES string of the molecule is C=CC[C@H](O)[C@H]1O[C@H](OC)[C@H](OCc2ccccc2)[C@@H](OCc2ccccc2)[C@@H]1OCc1ccccc1. The van der Waals surface area contributed by atoms with Gasteiger partial charge in [-0.2, -0.15) is 0 Å². The van der Waals surface area contributed by atoms with Gasteiger partial charge < -0.3 is 28.8 Å². The van der Waals surface area contributed by atoms with Crippen LogP contribution in [0, 0.1) is 0 Å². The Bertz CT molecular complexity index is 1050. The van der Waals surface area contributed by atoms with Crippen molar-refractivity contribution in [3.05, 3.63) is 120 Å². The molecular formula is C31H36O6. The van der Waals surface area contributed by atoms with Gasteiger partial charge in [0.1, 0.15) is 24.4 Å². The molecule has 1 heterocycles. The van der Waals surface area contributed by atoms with Gasteiger partial charge >= 0.3 is 0 Å². The number of aliphatic hydroxyl groups is 1. The smallest absolute Gasteiger partial charge is 0.186 e. The number of aliphatic hydroxyl groups excluding tert-OH is 1. The minimum atomic E-state index is -0.853. The van der Waals surface area contributed by atoms with Crippen LogP contribution in [-0.4, -0.2) is 49.0 Å². The Morgan fingerprint density at radius 1 is 0.730 bits per heavy atom. The van der Waals surface area contributed by atoms with Crippen molar-refractivity contribution in [2.75, 3.05) is 7.11 Å². The number of rotatable bonds is 13. The van der Waals surface area contributed by atoms with E-state index >= 15 is 0 Å². The highest BCUT2D eigenvalue weighted by atomic mass is 16.7. The molecule has 1 saturated heterocycles. The molecule has 0 unspecified atom stereocenters. The lowest BCUT2D eigenvalue weighted by Crippen LogP contribution is -2.63. The van der Waals surface area contributed by atoms with Gasteiger partial charge in [-0.15, -0.1) is 6.58 Å². The fourth-order valence-corrected chi connectivity index (χ4v) is 4.50. The van der Waals surface area contributed by atoms with Gasteiger partial charge in [0.05, 0.1) is 25.9 Å². The van der Waals surface area contributed by atoms with Crippen molar-refractivity contribution < 1.29 is 28.8 Å². The zero-order valence-corrected chi connectivity index (χ0v) is 21.2. The van der Waals surface area contributed by atoms with Crippen molar-refractivity contribution in [3.63, 3.8) is 0 Å². The van der Waals surface area contributed by atoms with Gasteiger partial charge in [0.25, 0.3) is 0 Å². The van der Waals surface area contributed by atoms with Crippen LogP contribution in [0.2, 0.25) is 0 Å². The predicted molar refractivity (Wildman–Crippen MR) is 142 cm³/mol. The van der Waals surface area contributed by atoms with Crippen molar-refractivity contribution in [1.29, 1.82) is 0 Å². The zero-order valence-electron chi connectivity index (χ0n) is 21.2. The molecule has 0 saturated carbocycles. The Kier molecular flexibility index (Phi) is 10.4. The van der Waals surface area contributed by atoms with Gasteiger partial charge in [0.2, 0.25) is 0 Å². The molecule has 1 aliphatic heterocycles. The molecular weight excluding hydrogens is 468 g/mol. The molecule has 6 atom stereocenters. The van der Waals surface area contributed by atoms with E-state index in [-0.39, 0.29) is 0 Å². The lowest BCUT2D eigenvalue weighted by molar-refractivity contribution is -0.329. The molecule has 3 aromatic rings. The number of ether oxygens (including phenoxy) is 5. The van der Waals surface area contributed by atoms with Crippen molar-refractivity contribution in [1.82, 2.24) is 0 Å². The molecule has 0 aliphatic carbocycles. The van der Waals surface area contributed by atoms with E-state index in [0.717, 1.165) is 16.7 Å². The molecule has 6 heteroatoms. The molecule has 1 fully saturated rings. The van der Waals surface area contributed by atoms with Gasteiger partial charge in [0.15, 0.2) is 6.29 Å². The molecule has 0 spiro atoms. The summed E-state index contributed by atoms with van der Waals surface area (Å²) in [7, 11) is 1.57. The second kappa shape index (κ2) is 14.2. The van der Waals surface area contributed by atoms with Crippen LogP contribution in [-0.2, 0) is 43.5 Å². The second-order valence-electron chi connectivity index (χ2n) is 9.08. The standard InChI is InChI=1S/C31H36O6/c1-3-13-26(32)27-28(34-20-23-14-7-4-8-15-23)29(35-21-24-16-9-5-10-17-24)30(31(33-2)37-27)36-22-25-18-11-6-12-19-25/h3-12,14-19,26-32H,1,13,20-22H2,2H3/t26-,27+,28+,29-,30+,31-/m0/s1. The molecule has 37 heavy (non-hydrogen) atoms. The van der Waals surface area contributed by atoms with Crippen LogP contribution < -0.4 is 0 Å². The predicted octanol–water partition coefficient (Wildman–Crippen LogP) is 5.05. The van der Waals surface area contributed by atoms with Crippen molar-refractivity contribution in [3.8, 4) is 0 Å². The maximum Gasteiger partial charge on any atom is 0.186 e. The summed E-state index contributed by atoms with van der Waals surface area (Å²) in [6, 6.07) is 29.8. The summed E-state index contributed by atoms with van der Waals surface area (Å²) in [4.78, 5) is 0. The van der Waals surface area contributed by atoms with Gasteiger partial charge in [-0.1, -0.05) is 97.1 Å². The Morgan fingerprint density at radius 3 is 1.59 bits per heavy atom. The fraction of sp³-hybridized carbons (Fsp3) is 0.355. The summed E-state index contributed by atoms with van der Waals surface area (Å²) >= 11 is 0. The molecule has 0 radical (unpaired) electrons. The minimum absolute atomic E-state index is 0.334. The van der Waals surface area contributed by atoms with Crippen molar-refractivity contribution in [2.45, 2.75) is 63.1 Å². The van der Waals surface area contributed by atoms with Crippen LogP contribution >= 0.6 is 0 Å². The first kappa shape index (κ1) is 27.2. The van der Waals surface area contributed by atoms with Gasteiger partial charge in [-0.05, 0) is 23.1 Å². The second-order valence-corrected chi connectivity index (χ2v) is 9.08. The van der Waals surface area contributed by atoms with Crippen molar-refractivity contribution >= 4 is 0 Å². The van der Waals surface area contributed by atoms with Gasteiger partial charge in [-0.3, -0.25) is 0 Å². The highest BCUT2D eigenvalue weighted by Crippen LogP contribution is 2.33. The van der Waals surface area contributed by atoms with Crippen LogP contribution in [0.15, 0.2) is 104 Å². The molecule has 0 aromatic heterocycles. The van der Waals surface area contributed by atoms with E-state index < -0.39 is 36.8 Å². The highest BCUT2D eigenvalue weighted by Gasteiger charge is 2.50. The molecule has 196 valence electrons. The van der Waals surface area contributed by atoms with E-state index in [1.54, 1.807) is 13.2 Å². The summed E-state index contributed by atoms with van der Waals surface area (Å²) in [6.07, 6.45) is -2.10. The van der Waals surface area contributed by atoms with Gasteiger partial charge in [0, 0.05) is 7.11 Å². The van der Waals surface area contributed by atoms with E-state index in [1.807, 2.05) is 91.0 Å². The lowest BCUT2D eigenvalue weighted by Gasteiger charge is -2.46. The third-order valence-electron chi connectivity index (χ3n) is 6.41. The first-order valence-corrected chi connectivity index (χ1v) is 12.6. The highest BCUT2D eigenvalue weighted by molar-refractivity contribution is 5.16. The van der Waals surface area contributed by atoms with E-state index in [1.165, 1.54) is 0 Å². The normalized spacial score (nSPS) is 24.4. The quantitative estimate of drug-likeness (QED) is 0.329. The molecule has 0 amide bonds. The third kappa shape index (κ3) is 7.58. The monoisotopic (exact) mass is 504 g/mol. The molecule has 6 nitrogen and oxygen atoms in total. The fourth-order valence-electron chi connectivity index (χ4n) is 4.50. The first-order valence-electron chi connectivity index (χ1n) is 12.6. The summed E-state index contributed by atoms with van der Waals surface area (Å²) in [5.41, 5.74) is 3.06. The summed E-state index contributed by atoms with van der Waals surface area (Å²) in [5, 5.41) is 11.0. The maximum absolute atomic E-state index is 11.0. The van der Waals surface area contributed by atoms with Crippen LogP contribution in [0.5, 0.6) is 0 Å². The van der Waals surface area contributed by atoms with E-state index in [0.29, 0.717) is 26.2 Å². The number of hydrogen-bond acceptors (Lipinski definition) is 6. The number of hydrogen-bond donors (Lipinski definition) is 1. The van der Waals surface area contributed by atoms with E-state index in [4.69, 9.17) is 23.7 Å². The molecule has 4 rings (SSSR count). The number of benzene rings is 3. The summed E-state index contributed by atoms with van der Waals surface area (Å²) in [5.74, 6) is 0. The zero-order chi connectivity index (χ0) is 25.9. The Labute approximate surface area is 219 Å². The average Bonchev–Trinajstić information content (AvgIpc) is 2.95. The summed E-state index contributed by atoms with van der Waals surface area (Å²) in [6.45, 7) is 4.82. The Hall–Kier alpha value is -2.84. The molecule has 1 aliphatic rings. The number of methoxy groups -OCH3 is 1. The molecule has 0 bridgehead atoms. The Balaban J connectivity index is 1.62. The Morgan fingerprint density at radius 2 is 1.16 bits per heavy atom.